The first-order valence-electron chi connectivity index (χ1n) is 6.42. The smallest absolute Gasteiger partial charge is 0.303 e. The van der Waals surface area contributed by atoms with E-state index in [-0.39, 0.29) is 6.42 Å². The van der Waals surface area contributed by atoms with E-state index in [1.165, 1.54) is 0 Å². The van der Waals surface area contributed by atoms with E-state index < -0.39 is 5.97 Å². The number of aryl methyl sites for hydroxylation is 1. The van der Waals surface area contributed by atoms with Gasteiger partial charge in [-0.2, -0.15) is 0 Å². The lowest BCUT2D eigenvalue weighted by Gasteiger charge is -2.12. The van der Waals surface area contributed by atoms with E-state index in [4.69, 9.17) is 9.84 Å². The van der Waals surface area contributed by atoms with Crippen LogP contribution >= 0.6 is 31.9 Å². The molecular weight excluding hydrogens is 400 g/mol. The molecule has 0 spiro atoms. The Kier molecular flexibility index (Phi) is 5.82. The van der Waals surface area contributed by atoms with E-state index in [0.717, 1.165) is 25.8 Å². The summed E-state index contributed by atoms with van der Waals surface area (Å²) in [5.41, 5.74) is 2.04. The van der Waals surface area contributed by atoms with E-state index >= 15 is 0 Å². The van der Waals surface area contributed by atoms with Crippen molar-refractivity contribution < 1.29 is 14.6 Å². The highest BCUT2D eigenvalue weighted by Crippen LogP contribution is 2.35. The van der Waals surface area contributed by atoms with Gasteiger partial charge in [0.25, 0.3) is 0 Å². The minimum absolute atomic E-state index is 0.114. The second-order valence-corrected chi connectivity index (χ2v) is 6.27. The predicted molar refractivity (Wildman–Crippen MR) is 88.6 cm³/mol. The molecule has 0 atom stereocenters. The standard InChI is InChI=1S/C16H14Br2O3/c17-13-8-12(6-7-15(19)20)9-14(18)16(13)21-10-11-4-2-1-3-5-11/h1-5,8-9H,6-7,10H2,(H,19,20). The van der Waals surface area contributed by atoms with Gasteiger partial charge < -0.3 is 9.84 Å². The molecule has 21 heavy (non-hydrogen) atoms. The Morgan fingerprint density at radius 2 is 1.67 bits per heavy atom. The fourth-order valence-corrected chi connectivity index (χ4v) is 3.39. The molecule has 2 rings (SSSR count). The Balaban J connectivity index is 2.08. The molecule has 0 aliphatic rings. The SMILES string of the molecule is O=C(O)CCc1cc(Br)c(OCc2ccccc2)c(Br)c1. The molecule has 0 aliphatic carbocycles. The fraction of sp³-hybridized carbons (Fsp3) is 0.188. The van der Waals surface area contributed by atoms with Crippen LogP contribution in [0.3, 0.4) is 0 Å². The van der Waals surface area contributed by atoms with Crippen LogP contribution in [0.2, 0.25) is 0 Å². The lowest BCUT2D eigenvalue weighted by atomic mass is 10.1. The molecule has 1 N–H and O–H groups in total. The number of carboxylic acid groups (broad SMARTS) is 1. The van der Waals surface area contributed by atoms with Crippen LogP contribution in [0.5, 0.6) is 5.75 Å². The van der Waals surface area contributed by atoms with Crippen LogP contribution in [0.15, 0.2) is 51.4 Å². The van der Waals surface area contributed by atoms with Crippen molar-refractivity contribution in [1.29, 1.82) is 0 Å². The van der Waals surface area contributed by atoms with Gasteiger partial charge in [0, 0.05) is 6.42 Å². The van der Waals surface area contributed by atoms with E-state index in [0.29, 0.717) is 13.0 Å². The second kappa shape index (κ2) is 7.61. The highest BCUT2D eigenvalue weighted by molar-refractivity contribution is 9.11. The van der Waals surface area contributed by atoms with Gasteiger partial charge in [-0.15, -0.1) is 0 Å². The van der Waals surface area contributed by atoms with Crippen LogP contribution < -0.4 is 4.74 Å². The second-order valence-electron chi connectivity index (χ2n) is 4.56. The maximum absolute atomic E-state index is 10.6. The Morgan fingerprint density at radius 3 is 2.24 bits per heavy atom. The van der Waals surface area contributed by atoms with Gasteiger partial charge in [0.05, 0.1) is 8.95 Å². The molecule has 0 amide bonds. The molecule has 0 heterocycles. The van der Waals surface area contributed by atoms with Gasteiger partial charge in [-0.05, 0) is 61.5 Å². The zero-order chi connectivity index (χ0) is 15.2. The molecular formula is C16H14Br2O3. The normalized spacial score (nSPS) is 10.4. The lowest BCUT2D eigenvalue weighted by Crippen LogP contribution is -2.00. The highest BCUT2D eigenvalue weighted by Gasteiger charge is 2.10. The van der Waals surface area contributed by atoms with Gasteiger partial charge in [-0.1, -0.05) is 30.3 Å². The monoisotopic (exact) mass is 412 g/mol. The van der Waals surface area contributed by atoms with Crippen molar-refractivity contribution in [2.45, 2.75) is 19.4 Å². The summed E-state index contributed by atoms with van der Waals surface area (Å²) >= 11 is 6.95. The van der Waals surface area contributed by atoms with Crippen LogP contribution in [0.4, 0.5) is 0 Å². The first-order valence-corrected chi connectivity index (χ1v) is 8.01. The van der Waals surface area contributed by atoms with Crippen molar-refractivity contribution in [3.05, 3.63) is 62.5 Å². The van der Waals surface area contributed by atoms with Gasteiger partial charge in [0.15, 0.2) is 0 Å². The third-order valence-electron chi connectivity index (χ3n) is 2.91. The van der Waals surface area contributed by atoms with Crippen LogP contribution in [-0.4, -0.2) is 11.1 Å². The summed E-state index contributed by atoms with van der Waals surface area (Å²) in [5.74, 6) is -0.0791. The molecule has 0 bridgehead atoms. The third-order valence-corrected chi connectivity index (χ3v) is 4.09. The van der Waals surface area contributed by atoms with Crippen molar-refractivity contribution in [2.24, 2.45) is 0 Å². The molecule has 0 radical (unpaired) electrons. The Bertz CT molecular complexity index is 604. The summed E-state index contributed by atoms with van der Waals surface area (Å²) in [4.78, 5) is 10.6. The lowest BCUT2D eigenvalue weighted by molar-refractivity contribution is -0.136. The van der Waals surface area contributed by atoms with Crippen molar-refractivity contribution in [3.8, 4) is 5.75 Å². The Morgan fingerprint density at radius 1 is 1.05 bits per heavy atom. The number of hydrogen-bond donors (Lipinski definition) is 1. The number of ether oxygens (including phenoxy) is 1. The molecule has 2 aromatic rings. The first kappa shape index (κ1) is 16.0. The van der Waals surface area contributed by atoms with Crippen LogP contribution in [-0.2, 0) is 17.8 Å². The number of hydrogen-bond acceptors (Lipinski definition) is 2. The maximum atomic E-state index is 10.6. The molecule has 0 saturated heterocycles. The topological polar surface area (TPSA) is 46.5 Å². The van der Waals surface area contributed by atoms with Gasteiger partial charge in [0.2, 0.25) is 0 Å². The van der Waals surface area contributed by atoms with E-state index in [1.54, 1.807) is 0 Å². The first-order chi connectivity index (χ1) is 10.1. The molecule has 0 aliphatic heterocycles. The fourth-order valence-electron chi connectivity index (χ4n) is 1.88. The zero-order valence-electron chi connectivity index (χ0n) is 11.2. The van der Waals surface area contributed by atoms with Crippen molar-refractivity contribution in [1.82, 2.24) is 0 Å². The number of carboxylic acids is 1. The minimum Gasteiger partial charge on any atom is -0.487 e. The summed E-state index contributed by atoms with van der Waals surface area (Å²) in [6.07, 6.45) is 0.606. The molecule has 0 fully saturated rings. The summed E-state index contributed by atoms with van der Waals surface area (Å²) in [6, 6.07) is 13.7. The Labute approximate surface area is 140 Å². The third kappa shape index (κ3) is 4.86. The largest absolute Gasteiger partial charge is 0.487 e. The minimum atomic E-state index is -0.799. The quantitative estimate of drug-likeness (QED) is 0.739. The van der Waals surface area contributed by atoms with Crippen LogP contribution in [0.1, 0.15) is 17.5 Å². The summed E-state index contributed by atoms with van der Waals surface area (Å²) in [5, 5.41) is 8.73. The number of halogens is 2. The summed E-state index contributed by atoms with van der Waals surface area (Å²) < 4.78 is 7.45. The number of benzene rings is 2. The number of rotatable bonds is 6. The molecule has 0 unspecified atom stereocenters. The van der Waals surface area contributed by atoms with Gasteiger partial charge >= 0.3 is 5.97 Å². The maximum Gasteiger partial charge on any atom is 0.303 e. The molecule has 2 aromatic carbocycles. The zero-order valence-corrected chi connectivity index (χ0v) is 14.4. The molecule has 0 saturated carbocycles. The summed E-state index contributed by atoms with van der Waals surface area (Å²) in [6.45, 7) is 0.479. The van der Waals surface area contributed by atoms with E-state index in [9.17, 15) is 4.79 Å². The van der Waals surface area contributed by atoms with Crippen molar-refractivity contribution >= 4 is 37.8 Å². The molecule has 0 aromatic heterocycles. The van der Waals surface area contributed by atoms with Gasteiger partial charge in [0.1, 0.15) is 12.4 Å². The average molecular weight is 414 g/mol. The number of carbonyl (C=O) groups is 1. The van der Waals surface area contributed by atoms with Crippen molar-refractivity contribution in [2.75, 3.05) is 0 Å². The van der Waals surface area contributed by atoms with Gasteiger partial charge in [-0.3, -0.25) is 4.79 Å². The molecule has 5 heteroatoms. The average Bonchev–Trinajstić information content (AvgIpc) is 2.45. The van der Waals surface area contributed by atoms with Gasteiger partial charge in [-0.25, -0.2) is 0 Å². The number of aliphatic carboxylic acids is 1. The van der Waals surface area contributed by atoms with Crippen LogP contribution in [0, 0.1) is 0 Å². The van der Waals surface area contributed by atoms with Crippen molar-refractivity contribution in [3.63, 3.8) is 0 Å². The highest BCUT2D eigenvalue weighted by atomic mass is 79.9. The Hall–Kier alpha value is -1.33. The molecule has 110 valence electrons. The molecule has 3 nitrogen and oxygen atoms in total. The predicted octanol–water partition coefficient (Wildman–Crippen LogP) is 4.81. The summed E-state index contributed by atoms with van der Waals surface area (Å²) in [7, 11) is 0. The van der Waals surface area contributed by atoms with E-state index in [2.05, 4.69) is 31.9 Å². The van der Waals surface area contributed by atoms with E-state index in [1.807, 2.05) is 42.5 Å². The van der Waals surface area contributed by atoms with Crippen LogP contribution in [0.25, 0.3) is 0 Å².